The van der Waals surface area contributed by atoms with Gasteiger partial charge in [-0.3, -0.25) is 9.36 Å². The van der Waals surface area contributed by atoms with Crippen molar-refractivity contribution in [3.8, 4) is 0 Å². The summed E-state index contributed by atoms with van der Waals surface area (Å²) in [6.45, 7) is 12.6. The molecule has 0 aromatic carbocycles. The lowest BCUT2D eigenvalue weighted by atomic mass is 10.2. The predicted octanol–water partition coefficient (Wildman–Crippen LogP) is 2.50. The summed E-state index contributed by atoms with van der Waals surface area (Å²) in [5.41, 5.74) is -0.208. The molecule has 0 aliphatic carbocycles. The van der Waals surface area contributed by atoms with E-state index >= 15 is 0 Å². The van der Waals surface area contributed by atoms with Crippen LogP contribution in [0.5, 0.6) is 0 Å². The lowest BCUT2D eigenvalue weighted by Crippen LogP contribution is -2.45. The number of H-pyrrole nitrogens is 1. The number of rotatable bonds is 8. The third-order valence-corrected chi connectivity index (χ3v) is 4.53. The van der Waals surface area contributed by atoms with E-state index in [1.54, 1.807) is 4.57 Å². The van der Waals surface area contributed by atoms with Crippen LogP contribution in [0.4, 0.5) is 0 Å². The fraction of sp³-hybridized carbons (Fsp3) is 0.800. The average molecular weight is 328 g/mol. The van der Waals surface area contributed by atoms with Gasteiger partial charge in [-0.15, -0.1) is 5.10 Å². The summed E-state index contributed by atoms with van der Waals surface area (Å²) in [6.07, 6.45) is 1.92. The number of hydrogen-bond acceptors (Lipinski definition) is 4. The van der Waals surface area contributed by atoms with Crippen LogP contribution in [0.3, 0.4) is 0 Å². The Labute approximate surface area is 136 Å². The summed E-state index contributed by atoms with van der Waals surface area (Å²) < 4.78 is 1.62. The number of unbranched alkanes of at least 4 members (excludes halogenated alkanes) is 1. The molecule has 1 aromatic heterocycles. The van der Waals surface area contributed by atoms with E-state index in [4.69, 9.17) is 0 Å². The van der Waals surface area contributed by atoms with Crippen molar-refractivity contribution in [2.24, 2.45) is 0 Å². The van der Waals surface area contributed by atoms with Crippen LogP contribution in [0.2, 0.25) is 0 Å². The van der Waals surface area contributed by atoms with Gasteiger partial charge in [0.25, 0.3) is 0 Å². The van der Waals surface area contributed by atoms with E-state index in [9.17, 15) is 9.59 Å². The SMILES string of the molecule is CCCCn1c(SC(C)C(=O)N(C(C)C)C(C)C)n[nH]c1=O. The van der Waals surface area contributed by atoms with Gasteiger partial charge in [-0.2, -0.15) is 0 Å². The third-order valence-electron chi connectivity index (χ3n) is 3.46. The highest BCUT2D eigenvalue weighted by Gasteiger charge is 2.27. The monoisotopic (exact) mass is 328 g/mol. The van der Waals surface area contributed by atoms with Gasteiger partial charge in [0, 0.05) is 18.6 Å². The van der Waals surface area contributed by atoms with Crippen molar-refractivity contribution in [1.82, 2.24) is 19.7 Å². The van der Waals surface area contributed by atoms with Crippen molar-refractivity contribution in [3.05, 3.63) is 10.5 Å². The van der Waals surface area contributed by atoms with Crippen LogP contribution in [0.15, 0.2) is 9.95 Å². The zero-order chi connectivity index (χ0) is 16.9. The van der Waals surface area contributed by atoms with Gasteiger partial charge in [0.15, 0.2) is 5.16 Å². The summed E-state index contributed by atoms with van der Waals surface area (Å²) in [7, 11) is 0. The number of amides is 1. The number of hydrogen-bond donors (Lipinski definition) is 1. The van der Waals surface area contributed by atoms with Gasteiger partial charge in [0.2, 0.25) is 5.91 Å². The first-order valence-electron chi connectivity index (χ1n) is 7.93. The summed E-state index contributed by atoms with van der Waals surface area (Å²) in [5.74, 6) is 0.0764. The molecule has 1 heterocycles. The second-order valence-electron chi connectivity index (χ2n) is 6.01. The molecule has 0 bridgehead atoms. The Morgan fingerprint density at radius 3 is 2.36 bits per heavy atom. The van der Waals surface area contributed by atoms with Crippen molar-refractivity contribution in [3.63, 3.8) is 0 Å². The van der Waals surface area contributed by atoms with Crippen molar-refractivity contribution in [1.29, 1.82) is 0 Å². The molecule has 0 fully saturated rings. The third kappa shape index (κ3) is 4.63. The maximum Gasteiger partial charge on any atom is 0.343 e. The predicted molar refractivity (Wildman–Crippen MR) is 90.2 cm³/mol. The maximum absolute atomic E-state index is 12.6. The Morgan fingerprint density at radius 2 is 1.86 bits per heavy atom. The molecule has 1 unspecified atom stereocenters. The van der Waals surface area contributed by atoms with Crippen LogP contribution < -0.4 is 5.69 Å². The van der Waals surface area contributed by atoms with Crippen LogP contribution in [0.25, 0.3) is 0 Å². The van der Waals surface area contributed by atoms with E-state index in [0.717, 1.165) is 12.8 Å². The van der Waals surface area contributed by atoms with Crippen LogP contribution in [0, 0.1) is 0 Å². The highest BCUT2D eigenvalue weighted by atomic mass is 32.2. The van der Waals surface area contributed by atoms with Crippen molar-refractivity contribution < 1.29 is 4.79 Å². The smallest absolute Gasteiger partial charge is 0.337 e. The van der Waals surface area contributed by atoms with E-state index in [1.165, 1.54) is 11.8 Å². The molecule has 0 radical (unpaired) electrons. The lowest BCUT2D eigenvalue weighted by Gasteiger charge is -2.32. The number of aromatic nitrogens is 3. The Bertz CT molecular complexity index is 528. The minimum Gasteiger partial charge on any atom is -0.337 e. The number of thioether (sulfide) groups is 1. The molecule has 0 saturated carbocycles. The van der Waals surface area contributed by atoms with Crippen molar-refractivity contribution in [2.45, 2.75) is 83.4 Å². The summed E-state index contributed by atoms with van der Waals surface area (Å²) in [5, 5.41) is 6.85. The molecule has 1 atom stereocenters. The highest BCUT2D eigenvalue weighted by molar-refractivity contribution is 8.00. The molecular weight excluding hydrogens is 300 g/mol. The topological polar surface area (TPSA) is 71.0 Å². The minimum atomic E-state index is -0.277. The second-order valence-corrected chi connectivity index (χ2v) is 7.32. The molecule has 1 aromatic rings. The molecule has 0 aliphatic rings. The Balaban J connectivity index is 2.86. The zero-order valence-electron chi connectivity index (χ0n) is 14.4. The normalized spacial score (nSPS) is 12.9. The first-order valence-corrected chi connectivity index (χ1v) is 8.81. The van der Waals surface area contributed by atoms with Crippen molar-refractivity contribution >= 4 is 17.7 Å². The number of aromatic amines is 1. The van der Waals surface area contributed by atoms with Gasteiger partial charge in [0.1, 0.15) is 0 Å². The number of nitrogens with zero attached hydrogens (tertiary/aromatic N) is 3. The molecule has 22 heavy (non-hydrogen) atoms. The average Bonchev–Trinajstić information content (AvgIpc) is 2.76. The first-order chi connectivity index (χ1) is 10.3. The molecule has 6 nitrogen and oxygen atoms in total. The van der Waals surface area contributed by atoms with E-state index < -0.39 is 0 Å². The standard InChI is InChI=1S/C15H28N4O2S/c1-7-8-9-18-14(21)16-17-15(18)22-12(6)13(20)19(10(2)3)11(4)5/h10-12H,7-9H2,1-6H3,(H,16,21). The Kier molecular flexibility index (Phi) is 7.19. The van der Waals surface area contributed by atoms with Gasteiger partial charge >= 0.3 is 5.69 Å². The van der Waals surface area contributed by atoms with Crippen LogP contribution in [-0.2, 0) is 11.3 Å². The van der Waals surface area contributed by atoms with Crippen molar-refractivity contribution in [2.75, 3.05) is 0 Å². The second kappa shape index (κ2) is 8.41. The Hall–Kier alpha value is -1.24. The van der Waals surface area contributed by atoms with Crippen LogP contribution >= 0.6 is 11.8 Å². The highest BCUT2D eigenvalue weighted by Crippen LogP contribution is 2.23. The largest absolute Gasteiger partial charge is 0.343 e. The number of carbonyl (C=O) groups excluding carboxylic acids is 1. The van der Waals surface area contributed by atoms with E-state index in [-0.39, 0.29) is 28.9 Å². The zero-order valence-corrected chi connectivity index (χ0v) is 15.2. The first kappa shape index (κ1) is 18.8. The fourth-order valence-corrected chi connectivity index (χ4v) is 3.37. The molecule has 1 rings (SSSR count). The van der Waals surface area contributed by atoms with Crippen LogP contribution in [-0.4, -0.2) is 42.9 Å². The van der Waals surface area contributed by atoms with E-state index in [2.05, 4.69) is 17.1 Å². The fourth-order valence-electron chi connectivity index (χ4n) is 2.43. The molecule has 126 valence electrons. The van der Waals surface area contributed by atoms with Crippen LogP contribution in [0.1, 0.15) is 54.4 Å². The number of carbonyl (C=O) groups is 1. The molecule has 0 spiro atoms. The van der Waals surface area contributed by atoms with Gasteiger partial charge in [-0.1, -0.05) is 25.1 Å². The lowest BCUT2D eigenvalue weighted by molar-refractivity contribution is -0.133. The van der Waals surface area contributed by atoms with Gasteiger partial charge in [-0.25, -0.2) is 9.89 Å². The summed E-state index contributed by atoms with van der Waals surface area (Å²) in [6, 6.07) is 0.300. The molecule has 1 N–H and O–H groups in total. The summed E-state index contributed by atoms with van der Waals surface area (Å²) in [4.78, 5) is 26.3. The molecule has 7 heteroatoms. The molecule has 1 amide bonds. The number of nitrogens with one attached hydrogen (secondary N) is 1. The maximum atomic E-state index is 12.6. The molecular formula is C15H28N4O2S. The van der Waals surface area contributed by atoms with E-state index in [0.29, 0.717) is 11.7 Å². The van der Waals surface area contributed by atoms with Gasteiger partial charge < -0.3 is 4.90 Å². The van der Waals surface area contributed by atoms with Gasteiger partial charge in [0.05, 0.1) is 5.25 Å². The minimum absolute atomic E-state index is 0.0764. The van der Waals surface area contributed by atoms with E-state index in [1.807, 2.05) is 39.5 Å². The quantitative estimate of drug-likeness (QED) is 0.744. The molecule has 0 aliphatic heterocycles. The summed E-state index contributed by atoms with van der Waals surface area (Å²) >= 11 is 1.34. The van der Waals surface area contributed by atoms with Gasteiger partial charge in [-0.05, 0) is 41.0 Å². The molecule has 0 saturated heterocycles. The Morgan fingerprint density at radius 1 is 1.27 bits per heavy atom.